The fraction of sp³-hybridized carbons (Fsp3) is 0.500. The van der Waals surface area contributed by atoms with Crippen molar-refractivity contribution in [1.82, 2.24) is 4.31 Å². The standard InChI is InChI=1S/C12H18BrFN2O2S/c1-5-12(2,3)16(4)19(17,18)11-7-10(15)9(14)6-8(11)13/h6-7H,5,15H2,1-4H3. The number of nitrogens with zero attached hydrogens (tertiary/aromatic N) is 1. The van der Waals surface area contributed by atoms with E-state index in [0.29, 0.717) is 6.42 Å². The van der Waals surface area contributed by atoms with E-state index in [0.717, 1.165) is 12.1 Å². The summed E-state index contributed by atoms with van der Waals surface area (Å²) in [6, 6.07) is 2.20. The topological polar surface area (TPSA) is 63.4 Å². The van der Waals surface area contributed by atoms with Gasteiger partial charge in [0.25, 0.3) is 0 Å². The third-order valence-electron chi connectivity index (χ3n) is 3.41. The van der Waals surface area contributed by atoms with Gasteiger partial charge >= 0.3 is 0 Å². The molecule has 0 saturated carbocycles. The van der Waals surface area contributed by atoms with Crippen molar-refractivity contribution < 1.29 is 12.8 Å². The van der Waals surface area contributed by atoms with Crippen molar-refractivity contribution in [3.63, 3.8) is 0 Å². The molecule has 0 aromatic heterocycles. The molecule has 0 aliphatic heterocycles. The number of nitrogens with two attached hydrogens (primary N) is 1. The van der Waals surface area contributed by atoms with E-state index in [2.05, 4.69) is 15.9 Å². The number of nitrogen functional groups attached to an aromatic ring is 1. The zero-order valence-electron chi connectivity index (χ0n) is 11.4. The lowest BCUT2D eigenvalue weighted by molar-refractivity contribution is 0.257. The zero-order chi connectivity index (χ0) is 15.0. The van der Waals surface area contributed by atoms with Gasteiger partial charge in [0.05, 0.1) is 10.6 Å². The molecule has 0 atom stereocenters. The lowest BCUT2D eigenvalue weighted by Crippen LogP contribution is -2.44. The maximum Gasteiger partial charge on any atom is 0.244 e. The van der Waals surface area contributed by atoms with E-state index in [1.807, 2.05) is 20.8 Å². The van der Waals surface area contributed by atoms with Gasteiger partial charge in [-0.15, -0.1) is 0 Å². The van der Waals surface area contributed by atoms with Gasteiger partial charge in [0.1, 0.15) is 5.82 Å². The number of halogens is 2. The minimum Gasteiger partial charge on any atom is -0.396 e. The van der Waals surface area contributed by atoms with E-state index in [-0.39, 0.29) is 15.1 Å². The van der Waals surface area contributed by atoms with Gasteiger partial charge < -0.3 is 5.73 Å². The van der Waals surface area contributed by atoms with Crippen LogP contribution >= 0.6 is 15.9 Å². The lowest BCUT2D eigenvalue weighted by Gasteiger charge is -2.34. The molecular weight excluding hydrogens is 335 g/mol. The Morgan fingerprint density at radius 3 is 2.42 bits per heavy atom. The average molecular weight is 353 g/mol. The molecule has 0 aliphatic carbocycles. The van der Waals surface area contributed by atoms with Gasteiger partial charge in [-0.2, -0.15) is 4.31 Å². The minimum absolute atomic E-state index is 0.0320. The average Bonchev–Trinajstić information content (AvgIpc) is 2.32. The minimum atomic E-state index is -3.74. The molecule has 0 radical (unpaired) electrons. The number of anilines is 1. The maximum atomic E-state index is 13.3. The summed E-state index contributed by atoms with van der Waals surface area (Å²) < 4.78 is 39.8. The van der Waals surface area contributed by atoms with Crippen molar-refractivity contribution in [1.29, 1.82) is 0 Å². The van der Waals surface area contributed by atoms with Gasteiger partial charge in [-0.1, -0.05) is 6.92 Å². The molecule has 1 aromatic rings. The van der Waals surface area contributed by atoms with Crippen molar-refractivity contribution in [3.8, 4) is 0 Å². The van der Waals surface area contributed by atoms with Crippen LogP contribution in [0.1, 0.15) is 27.2 Å². The summed E-state index contributed by atoms with van der Waals surface area (Å²) in [6.45, 7) is 5.55. The summed E-state index contributed by atoms with van der Waals surface area (Å²) in [7, 11) is -2.23. The Balaban J connectivity index is 3.40. The van der Waals surface area contributed by atoms with E-state index >= 15 is 0 Å². The summed E-state index contributed by atoms with van der Waals surface area (Å²) in [5.74, 6) is -0.650. The molecule has 0 aliphatic rings. The molecule has 1 aromatic carbocycles. The number of rotatable bonds is 4. The van der Waals surface area contributed by atoms with Crippen LogP contribution in [0.4, 0.5) is 10.1 Å². The molecular formula is C12H18BrFN2O2S. The summed E-state index contributed by atoms with van der Waals surface area (Å²) in [5.41, 5.74) is 4.72. The Labute approximate surface area is 122 Å². The van der Waals surface area contributed by atoms with Crippen molar-refractivity contribution >= 4 is 31.6 Å². The van der Waals surface area contributed by atoms with Crippen molar-refractivity contribution in [2.75, 3.05) is 12.8 Å². The number of hydrogen-bond acceptors (Lipinski definition) is 3. The predicted octanol–water partition coefficient (Wildman–Crippen LogP) is 2.98. The molecule has 0 amide bonds. The lowest BCUT2D eigenvalue weighted by atomic mass is 10.0. The Morgan fingerprint density at radius 1 is 1.42 bits per heavy atom. The van der Waals surface area contributed by atoms with Crippen LogP contribution in [0, 0.1) is 5.82 Å². The highest BCUT2D eigenvalue weighted by Gasteiger charge is 2.34. The van der Waals surface area contributed by atoms with Gasteiger partial charge in [0.15, 0.2) is 0 Å². The fourth-order valence-electron chi connectivity index (χ4n) is 1.44. The Bertz CT molecular complexity index is 588. The van der Waals surface area contributed by atoms with Gasteiger partial charge in [-0.3, -0.25) is 0 Å². The van der Waals surface area contributed by atoms with Gasteiger partial charge in [0.2, 0.25) is 10.0 Å². The molecule has 4 nitrogen and oxygen atoms in total. The van der Waals surface area contributed by atoms with Crippen molar-refractivity contribution in [2.24, 2.45) is 0 Å². The molecule has 108 valence electrons. The van der Waals surface area contributed by atoms with E-state index in [1.165, 1.54) is 11.4 Å². The normalized spacial score (nSPS) is 13.0. The molecule has 0 unspecified atom stereocenters. The number of sulfonamides is 1. The molecule has 0 saturated heterocycles. The van der Waals surface area contributed by atoms with Crippen molar-refractivity contribution in [3.05, 3.63) is 22.4 Å². The predicted molar refractivity (Wildman–Crippen MR) is 77.8 cm³/mol. The first-order valence-corrected chi connectivity index (χ1v) is 8.01. The number of hydrogen-bond donors (Lipinski definition) is 1. The zero-order valence-corrected chi connectivity index (χ0v) is 13.8. The summed E-state index contributed by atoms with van der Waals surface area (Å²) in [5, 5.41) is 0. The van der Waals surface area contributed by atoms with Crippen LogP contribution in [0.3, 0.4) is 0 Å². The van der Waals surface area contributed by atoms with Crippen LogP contribution < -0.4 is 5.73 Å². The number of benzene rings is 1. The van der Waals surface area contributed by atoms with Crippen LogP contribution in [-0.4, -0.2) is 25.3 Å². The van der Waals surface area contributed by atoms with Crippen LogP contribution in [-0.2, 0) is 10.0 Å². The molecule has 2 N–H and O–H groups in total. The second-order valence-electron chi connectivity index (χ2n) is 4.94. The molecule has 1 rings (SSSR count). The van der Waals surface area contributed by atoms with Crippen LogP contribution in [0.2, 0.25) is 0 Å². The first-order chi connectivity index (χ1) is 8.54. The van der Waals surface area contributed by atoms with Gasteiger partial charge in [-0.05, 0) is 48.3 Å². The first kappa shape index (κ1) is 16.4. The molecule has 0 bridgehead atoms. The van der Waals surface area contributed by atoms with Crippen LogP contribution in [0.5, 0.6) is 0 Å². The van der Waals surface area contributed by atoms with Crippen LogP contribution in [0.15, 0.2) is 21.5 Å². The molecule has 0 spiro atoms. The van der Waals surface area contributed by atoms with E-state index in [9.17, 15) is 12.8 Å². The Kier molecular flexibility index (Phi) is 4.64. The third-order valence-corrected chi connectivity index (χ3v) is 6.43. The van der Waals surface area contributed by atoms with E-state index in [4.69, 9.17) is 5.73 Å². The molecule has 7 heteroatoms. The fourth-order valence-corrected chi connectivity index (χ4v) is 4.02. The Morgan fingerprint density at radius 2 is 1.95 bits per heavy atom. The maximum absolute atomic E-state index is 13.3. The molecule has 19 heavy (non-hydrogen) atoms. The molecule has 0 fully saturated rings. The quantitative estimate of drug-likeness (QED) is 0.847. The third kappa shape index (κ3) is 3.09. The first-order valence-electron chi connectivity index (χ1n) is 5.77. The monoisotopic (exact) mass is 352 g/mol. The van der Waals surface area contributed by atoms with Gasteiger partial charge in [0, 0.05) is 17.1 Å². The van der Waals surface area contributed by atoms with E-state index in [1.54, 1.807) is 0 Å². The largest absolute Gasteiger partial charge is 0.396 e. The summed E-state index contributed by atoms with van der Waals surface area (Å²) in [6.07, 6.45) is 0.650. The highest BCUT2D eigenvalue weighted by Crippen LogP contribution is 2.32. The van der Waals surface area contributed by atoms with E-state index < -0.39 is 21.4 Å². The van der Waals surface area contributed by atoms with Crippen molar-refractivity contribution in [2.45, 2.75) is 37.6 Å². The Hall–Kier alpha value is -0.660. The summed E-state index contributed by atoms with van der Waals surface area (Å²) >= 11 is 3.07. The second-order valence-corrected chi connectivity index (χ2v) is 7.73. The van der Waals surface area contributed by atoms with Crippen LogP contribution in [0.25, 0.3) is 0 Å². The second kappa shape index (κ2) is 5.38. The van der Waals surface area contributed by atoms with Gasteiger partial charge in [-0.25, -0.2) is 12.8 Å². The highest BCUT2D eigenvalue weighted by atomic mass is 79.9. The smallest absolute Gasteiger partial charge is 0.244 e. The molecule has 0 heterocycles. The summed E-state index contributed by atoms with van der Waals surface area (Å²) in [4.78, 5) is -0.0320. The highest BCUT2D eigenvalue weighted by molar-refractivity contribution is 9.10. The SMILES string of the molecule is CCC(C)(C)N(C)S(=O)(=O)c1cc(N)c(F)cc1Br.